The first kappa shape index (κ1) is 31.7. The summed E-state index contributed by atoms with van der Waals surface area (Å²) < 4.78 is 8.65. The zero-order valence-electron chi connectivity index (χ0n) is 24.5. The number of carboxylic acid groups (broad SMARTS) is 1. The molecule has 2 aromatic rings. The molecule has 1 aromatic heterocycles. The number of aliphatic imine (C=N–C) groups is 2. The molecule has 2 rings (SSSR count). The Hall–Kier alpha value is -4.86. The number of carboxylic acids is 1. The maximum absolute atomic E-state index is 13.8. The predicted molar refractivity (Wildman–Crippen MR) is 159 cm³/mol. The third-order valence-electron chi connectivity index (χ3n) is 6.26. The number of nitrogens with two attached hydrogens (primary N) is 5. The number of hydrogen-bond acceptors (Lipinski definition) is 7. The molecule has 0 aliphatic carbocycles. The number of carbonyl (C=O) groups is 4. The summed E-state index contributed by atoms with van der Waals surface area (Å²) in [5.41, 5.74) is 28.9. The molecule has 3 amide bonds. The highest BCUT2D eigenvalue weighted by Crippen LogP contribution is 2.19. The summed E-state index contributed by atoms with van der Waals surface area (Å²) in [6.07, 6.45) is 2.40. The van der Waals surface area contributed by atoms with Crippen molar-refractivity contribution in [3.8, 4) is 0 Å². The van der Waals surface area contributed by atoms with Crippen molar-refractivity contribution >= 4 is 46.5 Å². The number of benzene rings is 1. The summed E-state index contributed by atoms with van der Waals surface area (Å²) in [6, 6.07) is 2.33. The third kappa shape index (κ3) is 11.0. The highest BCUT2D eigenvalue weighted by Gasteiger charge is 2.30. The van der Waals surface area contributed by atoms with Crippen LogP contribution in [0, 0.1) is 0 Å². The number of fused-ring (bicyclic) bond motifs is 1. The maximum atomic E-state index is 13.8. The Morgan fingerprint density at radius 2 is 1.55 bits per heavy atom. The van der Waals surface area contributed by atoms with E-state index in [2.05, 4.69) is 25.6 Å². The van der Waals surface area contributed by atoms with E-state index in [-0.39, 0.29) is 50.7 Å². The fraction of sp³-hybridized carbons (Fsp3) is 0.462. The summed E-state index contributed by atoms with van der Waals surface area (Å²) in [7, 11) is 0. The highest BCUT2D eigenvalue weighted by molar-refractivity contribution is 5.94. The van der Waals surface area contributed by atoms with Gasteiger partial charge in [-0.05, 0) is 44.2 Å². The monoisotopic (exact) mass is 588 g/mol. The van der Waals surface area contributed by atoms with E-state index in [1.165, 1.54) is 6.92 Å². The van der Waals surface area contributed by atoms with Gasteiger partial charge in [0.25, 0.3) is 0 Å². The van der Waals surface area contributed by atoms with Crippen LogP contribution in [0.15, 0.2) is 40.4 Å². The van der Waals surface area contributed by atoms with E-state index < -0.39 is 47.9 Å². The van der Waals surface area contributed by atoms with Gasteiger partial charge in [0.1, 0.15) is 18.1 Å². The van der Waals surface area contributed by atoms with E-state index >= 15 is 0 Å². The molecule has 16 nitrogen and oxygen atoms in total. The van der Waals surface area contributed by atoms with E-state index in [1.807, 2.05) is 24.3 Å². The first-order valence-corrected chi connectivity index (χ1v) is 13.4. The molecule has 0 saturated heterocycles. The van der Waals surface area contributed by atoms with Crippen LogP contribution in [-0.4, -0.2) is 83.0 Å². The molecule has 0 saturated carbocycles. The zero-order valence-corrected chi connectivity index (χ0v) is 23.5. The number of aliphatic carboxylic acids is 1. The lowest BCUT2D eigenvalue weighted by Crippen LogP contribution is -2.57. The average Bonchev–Trinajstić information content (AvgIpc) is 3.36. The number of para-hydroxylation sites is 1. The lowest BCUT2D eigenvalue weighted by atomic mass is 10.0. The number of aromatic amines is 1. The minimum atomic E-state index is -1.42. The van der Waals surface area contributed by atoms with Crippen LogP contribution in [0.2, 0.25) is 1.41 Å². The number of carbonyl (C=O) groups excluding carboxylic acids is 3. The number of guanidine groups is 2. The zero-order chi connectivity index (χ0) is 32.1. The number of nitrogens with zero attached hydrogens (tertiary/aromatic N) is 2. The van der Waals surface area contributed by atoms with Gasteiger partial charge in [-0.15, -0.1) is 0 Å². The van der Waals surface area contributed by atoms with Gasteiger partial charge in [0.2, 0.25) is 17.7 Å². The van der Waals surface area contributed by atoms with Crippen molar-refractivity contribution in [2.75, 3.05) is 13.1 Å². The van der Waals surface area contributed by atoms with E-state index in [4.69, 9.17) is 30.1 Å². The van der Waals surface area contributed by atoms with Gasteiger partial charge in [-0.1, -0.05) is 18.2 Å². The van der Waals surface area contributed by atoms with Gasteiger partial charge in [-0.3, -0.25) is 29.2 Å². The molecule has 0 bridgehead atoms. The lowest BCUT2D eigenvalue weighted by molar-refractivity contribution is -0.141. The van der Waals surface area contributed by atoms with Crippen LogP contribution < -0.4 is 44.6 Å². The second-order valence-electron chi connectivity index (χ2n) is 9.68. The van der Waals surface area contributed by atoms with Crippen molar-refractivity contribution in [2.24, 2.45) is 38.7 Å². The van der Waals surface area contributed by atoms with E-state index in [0.717, 1.165) is 10.9 Å². The van der Waals surface area contributed by atoms with Crippen LogP contribution in [-0.2, 0) is 25.6 Å². The molecule has 16 heteroatoms. The Balaban J connectivity index is 2.33. The summed E-state index contributed by atoms with van der Waals surface area (Å²) >= 11 is 0. The molecular weight excluding hydrogens is 546 g/mol. The van der Waals surface area contributed by atoms with Gasteiger partial charge < -0.3 is 54.7 Å². The molecule has 0 aliphatic heterocycles. The molecule has 1 heterocycles. The van der Waals surface area contributed by atoms with Crippen LogP contribution in [0.25, 0.3) is 10.9 Å². The van der Waals surface area contributed by atoms with Gasteiger partial charge in [0, 0.05) is 36.6 Å². The van der Waals surface area contributed by atoms with Crippen LogP contribution in [0.4, 0.5) is 0 Å². The molecule has 1 aromatic carbocycles. The van der Waals surface area contributed by atoms with Crippen molar-refractivity contribution in [3.63, 3.8) is 0 Å². The second kappa shape index (κ2) is 16.4. The van der Waals surface area contributed by atoms with E-state index in [1.54, 1.807) is 6.20 Å². The van der Waals surface area contributed by atoms with E-state index in [0.29, 0.717) is 17.3 Å². The van der Waals surface area contributed by atoms with Gasteiger partial charge in [-0.25, -0.2) is 0 Å². The van der Waals surface area contributed by atoms with Crippen molar-refractivity contribution < 1.29 is 25.7 Å². The standard InChI is InChI=1S/C26H41N11O5/c1-14(24(41)42)35-22(39)19(9-5-11-33-26(30)31)36-23(40)20(12-15-13-34-18-8-3-2-6-16(15)18)37-21(38)17(27)7-4-10-32-25(28)29/h2-3,6,8,13-14,17,19-20,34H,4-5,7,9-12,27H2,1H3,(H,35,39)(H,36,40)(H,37,38)(H,41,42)(H4,28,29,32)(H4,30,31,33)/t14-,17-,19-,20-/m0/s1/i/hD. The SMILES string of the molecule is [2H]N(C(=O)[C@H](Cc1c[nH]c2ccccc12)NC(=O)[C@@H](N)CCCN=C(N)N)[C@@H](CCCN=C(N)N)C(=O)N[C@@H](C)C(=O)O. The Morgan fingerprint density at radius 3 is 2.17 bits per heavy atom. The second-order valence-corrected chi connectivity index (χ2v) is 9.68. The highest BCUT2D eigenvalue weighted by atomic mass is 16.4. The fourth-order valence-corrected chi connectivity index (χ4v) is 4.01. The quantitative estimate of drug-likeness (QED) is 0.0535. The number of hydrogen-bond donors (Lipinski definition) is 10. The number of rotatable bonds is 17. The van der Waals surface area contributed by atoms with Crippen molar-refractivity contribution in [3.05, 3.63) is 36.0 Å². The summed E-state index contributed by atoms with van der Waals surface area (Å²) in [5, 5.41) is 15.4. The third-order valence-corrected chi connectivity index (χ3v) is 6.26. The van der Waals surface area contributed by atoms with Crippen molar-refractivity contribution in [2.45, 2.75) is 63.2 Å². The topological polar surface area (TPSA) is 295 Å². The van der Waals surface area contributed by atoms with Crippen molar-refractivity contribution in [1.82, 2.24) is 20.9 Å². The Morgan fingerprint density at radius 1 is 0.929 bits per heavy atom. The molecule has 230 valence electrons. The van der Waals surface area contributed by atoms with Gasteiger partial charge in [0.15, 0.2) is 13.3 Å². The first-order chi connectivity index (χ1) is 20.3. The maximum Gasteiger partial charge on any atom is 0.325 e. The lowest BCUT2D eigenvalue weighted by Gasteiger charge is -2.25. The Bertz CT molecular complexity index is 1320. The van der Waals surface area contributed by atoms with Gasteiger partial charge in [0.05, 0.1) is 6.04 Å². The summed E-state index contributed by atoms with van der Waals surface area (Å²) in [5.74, 6) is -3.98. The van der Waals surface area contributed by atoms with Crippen molar-refractivity contribution in [1.29, 1.82) is 0 Å². The number of amides is 3. The number of aromatic nitrogens is 1. The first-order valence-electron chi connectivity index (χ1n) is 13.8. The molecular formula is C26H41N11O5. The largest absolute Gasteiger partial charge is 0.480 e. The Kier molecular flexibility index (Phi) is 12.4. The predicted octanol–water partition coefficient (Wildman–Crippen LogP) is -2.30. The van der Waals surface area contributed by atoms with Gasteiger partial charge >= 0.3 is 5.97 Å². The minimum absolute atomic E-state index is 0.0292. The smallest absolute Gasteiger partial charge is 0.325 e. The number of nitrogens with one attached hydrogen (secondary N) is 4. The normalized spacial score (nSPS) is 14.0. The van der Waals surface area contributed by atoms with E-state index in [9.17, 15) is 24.3 Å². The average molecular weight is 589 g/mol. The fourth-order valence-electron chi connectivity index (χ4n) is 4.01. The Labute approximate surface area is 244 Å². The van der Waals surface area contributed by atoms with Crippen LogP contribution in [0.3, 0.4) is 0 Å². The van der Waals surface area contributed by atoms with Crippen LogP contribution in [0.5, 0.6) is 0 Å². The molecule has 15 N–H and O–H groups in total. The van der Waals surface area contributed by atoms with Crippen LogP contribution >= 0.6 is 0 Å². The molecule has 0 aliphatic rings. The molecule has 0 radical (unpaired) electrons. The minimum Gasteiger partial charge on any atom is -0.480 e. The molecule has 4 atom stereocenters. The van der Waals surface area contributed by atoms with Crippen LogP contribution in [0.1, 0.15) is 38.2 Å². The van der Waals surface area contributed by atoms with Gasteiger partial charge in [-0.2, -0.15) is 0 Å². The molecule has 0 unspecified atom stereocenters. The molecule has 0 spiro atoms. The molecule has 42 heavy (non-hydrogen) atoms. The summed E-state index contributed by atoms with van der Waals surface area (Å²) in [4.78, 5) is 62.0. The number of H-pyrrole nitrogens is 1. The summed E-state index contributed by atoms with van der Waals surface area (Å²) in [6.45, 7) is 1.61. The molecule has 0 fully saturated rings.